The third-order valence-electron chi connectivity index (χ3n) is 2.58. The number of ether oxygens (including phenoxy) is 1. The molecule has 2 N–H and O–H groups in total. The summed E-state index contributed by atoms with van der Waals surface area (Å²) in [6.45, 7) is 4.49. The van der Waals surface area contributed by atoms with Gasteiger partial charge in [0.25, 0.3) is 0 Å². The van der Waals surface area contributed by atoms with E-state index in [1.165, 1.54) is 5.56 Å². The van der Waals surface area contributed by atoms with Crippen molar-refractivity contribution in [3.63, 3.8) is 0 Å². The van der Waals surface area contributed by atoms with E-state index in [0.717, 1.165) is 17.7 Å². The molecule has 0 bridgehead atoms. The minimum absolute atomic E-state index is 0.171. The molecule has 0 saturated heterocycles. The number of aryl methyl sites for hydroxylation is 2. The summed E-state index contributed by atoms with van der Waals surface area (Å²) < 4.78 is 5.40. The molecule has 16 heavy (non-hydrogen) atoms. The van der Waals surface area contributed by atoms with Crippen LogP contribution >= 0.6 is 0 Å². The van der Waals surface area contributed by atoms with Gasteiger partial charge < -0.3 is 14.9 Å². The largest absolute Gasteiger partial charge is 0.494 e. The molecule has 0 aliphatic carbocycles. The van der Waals surface area contributed by atoms with E-state index in [0.29, 0.717) is 13.0 Å². The van der Waals surface area contributed by atoms with Gasteiger partial charge in [-0.3, -0.25) is 0 Å². The zero-order chi connectivity index (χ0) is 12.0. The Morgan fingerprint density at radius 3 is 2.69 bits per heavy atom. The van der Waals surface area contributed by atoms with Crippen molar-refractivity contribution >= 4 is 0 Å². The molecule has 0 aromatic heterocycles. The van der Waals surface area contributed by atoms with E-state index < -0.39 is 6.10 Å². The van der Waals surface area contributed by atoms with Crippen LogP contribution in [0.15, 0.2) is 18.2 Å². The number of aliphatic hydroxyl groups is 2. The van der Waals surface area contributed by atoms with E-state index in [1.807, 2.05) is 32.0 Å². The fourth-order valence-corrected chi connectivity index (χ4v) is 1.62. The Morgan fingerprint density at radius 2 is 2.12 bits per heavy atom. The van der Waals surface area contributed by atoms with Crippen LogP contribution in [0.5, 0.6) is 5.75 Å². The zero-order valence-electron chi connectivity index (χ0n) is 9.94. The Kier molecular flexibility index (Phi) is 5.29. The summed E-state index contributed by atoms with van der Waals surface area (Å²) >= 11 is 0. The molecule has 0 aliphatic heterocycles. The average Bonchev–Trinajstić information content (AvgIpc) is 2.28. The van der Waals surface area contributed by atoms with Gasteiger partial charge in [0.2, 0.25) is 0 Å². The quantitative estimate of drug-likeness (QED) is 0.773. The number of hydrogen-bond acceptors (Lipinski definition) is 3. The second-order valence-electron chi connectivity index (χ2n) is 3.90. The number of aliphatic hydroxyl groups excluding tert-OH is 2. The van der Waals surface area contributed by atoms with Crippen LogP contribution in [-0.2, 0) is 6.42 Å². The summed E-state index contributed by atoms with van der Waals surface area (Å²) in [7, 11) is 0. The van der Waals surface area contributed by atoms with Crippen molar-refractivity contribution in [2.75, 3.05) is 13.2 Å². The van der Waals surface area contributed by atoms with Crippen LogP contribution in [-0.4, -0.2) is 29.5 Å². The van der Waals surface area contributed by atoms with Gasteiger partial charge in [0.15, 0.2) is 0 Å². The lowest BCUT2D eigenvalue weighted by Gasteiger charge is -2.11. The smallest absolute Gasteiger partial charge is 0.119 e. The Labute approximate surface area is 96.7 Å². The minimum Gasteiger partial charge on any atom is -0.494 e. The van der Waals surface area contributed by atoms with Gasteiger partial charge in [0.1, 0.15) is 5.75 Å². The van der Waals surface area contributed by atoms with E-state index >= 15 is 0 Å². The third kappa shape index (κ3) is 3.83. The van der Waals surface area contributed by atoms with Crippen LogP contribution in [0, 0.1) is 6.92 Å². The second-order valence-corrected chi connectivity index (χ2v) is 3.90. The third-order valence-corrected chi connectivity index (χ3v) is 2.58. The molecular weight excluding hydrogens is 204 g/mol. The van der Waals surface area contributed by atoms with Crippen LogP contribution in [0.4, 0.5) is 0 Å². The van der Waals surface area contributed by atoms with Crippen LogP contribution in [0.3, 0.4) is 0 Å². The first-order valence-electron chi connectivity index (χ1n) is 5.68. The van der Waals surface area contributed by atoms with Gasteiger partial charge in [-0.15, -0.1) is 0 Å². The molecule has 90 valence electrons. The molecule has 0 saturated carbocycles. The van der Waals surface area contributed by atoms with Crippen LogP contribution < -0.4 is 4.74 Å². The Bertz CT molecular complexity index is 323. The van der Waals surface area contributed by atoms with Gasteiger partial charge in [0, 0.05) is 0 Å². The Morgan fingerprint density at radius 1 is 1.38 bits per heavy atom. The van der Waals surface area contributed by atoms with Gasteiger partial charge in [-0.25, -0.2) is 0 Å². The first-order chi connectivity index (χ1) is 7.67. The monoisotopic (exact) mass is 224 g/mol. The van der Waals surface area contributed by atoms with Crippen molar-refractivity contribution in [3.8, 4) is 5.75 Å². The first-order valence-corrected chi connectivity index (χ1v) is 5.68. The lowest BCUT2D eigenvalue weighted by Crippen LogP contribution is -2.12. The summed E-state index contributed by atoms with van der Waals surface area (Å²) in [5.74, 6) is 0.881. The van der Waals surface area contributed by atoms with Crippen molar-refractivity contribution in [3.05, 3.63) is 29.3 Å². The second kappa shape index (κ2) is 6.51. The van der Waals surface area contributed by atoms with E-state index in [1.54, 1.807) is 0 Å². The molecule has 0 radical (unpaired) electrons. The van der Waals surface area contributed by atoms with Crippen LogP contribution in [0.1, 0.15) is 24.5 Å². The predicted molar refractivity (Wildman–Crippen MR) is 63.8 cm³/mol. The van der Waals surface area contributed by atoms with E-state index in [2.05, 4.69) is 0 Å². The SMILES string of the molecule is CCOc1ccc(CCC(O)CO)c(C)c1. The van der Waals surface area contributed by atoms with Crippen molar-refractivity contribution < 1.29 is 14.9 Å². The number of benzene rings is 1. The molecule has 1 unspecified atom stereocenters. The van der Waals surface area contributed by atoms with Crippen molar-refractivity contribution in [2.45, 2.75) is 32.8 Å². The van der Waals surface area contributed by atoms with Crippen molar-refractivity contribution in [2.24, 2.45) is 0 Å². The molecule has 3 heteroatoms. The molecule has 0 fully saturated rings. The van der Waals surface area contributed by atoms with Gasteiger partial charge in [-0.2, -0.15) is 0 Å². The fraction of sp³-hybridized carbons (Fsp3) is 0.538. The summed E-state index contributed by atoms with van der Waals surface area (Å²) in [6.07, 6.45) is 0.747. The molecular formula is C13H20O3. The van der Waals surface area contributed by atoms with Crippen molar-refractivity contribution in [1.29, 1.82) is 0 Å². The normalized spacial score (nSPS) is 12.5. The molecule has 0 amide bonds. The molecule has 0 spiro atoms. The lowest BCUT2D eigenvalue weighted by molar-refractivity contribution is 0.0885. The van der Waals surface area contributed by atoms with Gasteiger partial charge in [-0.05, 0) is 49.9 Å². The maximum Gasteiger partial charge on any atom is 0.119 e. The number of hydrogen-bond donors (Lipinski definition) is 2. The molecule has 0 heterocycles. The van der Waals surface area contributed by atoms with E-state index in [4.69, 9.17) is 9.84 Å². The molecule has 1 aromatic carbocycles. The predicted octanol–water partition coefficient (Wildman–Crippen LogP) is 1.68. The molecule has 1 atom stereocenters. The summed E-state index contributed by atoms with van der Waals surface area (Å²) in [6, 6.07) is 5.96. The maximum atomic E-state index is 9.27. The summed E-state index contributed by atoms with van der Waals surface area (Å²) in [5, 5.41) is 18.0. The van der Waals surface area contributed by atoms with Crippen LogP contribution in [0.2, 0.25) is 0 Å². The topological polar surface area (TPSA) is 49.7 Å². The highest BCUT2D eigenvalue weighted by Gasteiger charge is 2.05. The highest BCUT2D eigenvalue weighted by atomic mass is 16.5. The Balaban J connectivity index is 2.60. The molecule has 1 rings (SSSR count). The van der Waals surface area contributed by atoms with Crippen LogP contribution in [0.25, 0.3) is 0 Å². The van der Waals surface area contributed by atoms with Gasteiger partial charge in [-0.1, -0.05) is 6.07 Å². The zero-order valence-corrected chi connectivity index (χ0v) is 9.94. The first kappa shape index (κ1) is 13.0. The molecule has 0 aliphatic rings. The standard InChI is InChI=1S/C13H20O3/c1-3-16-13-7-5-11(10(2)8-13)4-6-12(15)9-14/h5,7-8,12,14-15H,3-4,6,9H2,1-2H3. The minimum atomic E-state index is -0.619. The van der Waals surface area contributed by atoms with E-state index in [-0.39, 0.29) is 6.61 Å². The van der Waals surface area contributed by atoms with Gasteiger partial charge >= 0.3 is 0 Å². The highest BCUT2D eigenvalue weighted by molar-refractivity contribution is 5.34. The Hall–Kier alpha value is -1.06. The highest BCUT2D eigenvalue weighted by Crippen LogP contribution is 2.18. The summed E-state index contributed by atoms with van der Waals surface area (Å²) in [4.78, 5) is 0. The lowest BCUT2D eigenvalue weighted by atomic mass is 10.0. The molecule has 1 aromatic rings. The molecule has 3 nitrogen and oxygen atoms in total. The van der Waals surface area contributed by atoms with Gasteiger partial charge in [0.05, 0.1) is 19.3 Å². The number of rotatable bonds is 6. The fourth-order valence-electron chi connectivity index (χ4n) is 1.62. The summed E-state index contributed by atoms with van der Waals surface area (Å²) in [5.41, 5.74) is 2.35. The van der Waals surface area contributed by atoms with Crippen molar-refractivity contribution in [1.82, 2.24) is 0 Å². The maximum absolute atomic E-state index is 9.27. The average molecular weight is 224 g/mol. The van der Waals surface area contributed by atoms with E-state index in [9.17, 15) is 5.11 Å².